The first-order valence-electron chi connectivity index (χ1n) is 6.55. The molecule has 2 rings (SSSR count). The van der Waals surface area contributed by atoms with Crippen LogP contribution in [0.3, 0.4) is 0 Å². The summed E-state index contributed by atoms with van der Waals surface area (Å²) in [5.74, 6) is -1.20. The van der Waals surface area contributed by atoms with E-state index in [9.17, 15) is 20.4 Å². The van der Waals surface area contributed by atoms with Gasteiger partial charge in [0.1, 0.15) is 5.75 Å². The van der Waals surface area contributed by atoms with Crippen LogP contribution in [0.1, 0.15) is 11.1 Å². The van der Waals surface area contributed by atoms with E-state index >= 15 is 0 Å². The zero-order valence-electron chi connectivity index (χ0n) is 11.8. The van der Waals surface area contributed by atoms with E-state index in [1.54, 1.807) is 24.3 Å². The summed E-state index contributed by atoms with van der Waals surface area (Å²) >= 11 is 8.45. The average Bonchev–Trinajstić information content (AvgIpc) is 2.51. The standard InChI is InChI=1S/C16H14BrNO4S/c17-15-10(2-1-3-11(15)19)4-5-14(23)18-8-9-6-12(20)16(22)13(21)7-9/h1-7,19-22H,8H2,(H,18,23)/b5-4+. The molecule has 5 N–H and O–H groups in total. The van der Waals surface area contributed by atoms with Crippen LogP contribution in [-0.4, -0.2) is 25.4 Å². The number of benzene rings is 2. The quantitative estimate of drug-likeness (QED) is 0.309. The number of hydrogen-bond donors (Lipinski definition) is 5. The lowest BCUT2D eigenvalue weighted by molar-refractivity contribution is 0.367. The van der Waals surface area contributed by atoms with Gasteiger partial charge in [0.05, 0.1) is 9.46 Å². The minimum absolute atomic E-state index is 0.140. The summed E-state index contributed by atoms with van der Waals surface area (Å²) in [5, 5.41) is 40.7. The second-order valence-electron chi connectivity index (χ2n) is 4.71. The summed E-state index contributed by atoms with van der Waals surface area (Å²) in [6.07, 6.45) is 3.40. The molecule has 0 radical (unpaired) electrons. The van der Waals surface area contributed by atoms with Crippen molar-refractivity contribution >= 4 is 39.2 Å². The van der Waals surface area contributed by atoms with E-state index in [0.717, 1.165) is 5.56 Å². The number of rotatable bonds is 4. The topological polar surface area (TPSA) is 93.0 Å². The summed E-state index contributed by atoms with van der Waals surface area (Å²) < 4.78 is 0.576. The van der Waals surface area contributed by atoms with Gasteiger partial charge in [0.25, 0.3) is 0 Å². The Morgan fingerprint density at radius 1 is 1.09 bits per heavy atom. The van der Waals surface area contributed by atoms with Crippen molar-refractivity contribution in [3.8, 4) is 23.0 Å². The first kappa shape index (κ1) is 17.1. The fraction of sp³-hybridized carbons (Fsp3) is 0.0625. The molecule has 0 aliphatic carbocycles. The second-order valence-corrected chi connectivity index (χ2v) is 5.95. The molecule has 5 nitrogen and oxygen atoms in total. The molecule has 0 spiro atoms. The summed E-state index contributed by atoms with van der Waals surface area (Å²) in [4.78, 5) is 0.437. The summed E-state index contributed by atoms with van der Waals surface area (Å²) in [7, 11) is 0. The van der Waals surface area contributed by atoms with E-state index in [1.807, 2.05) is 6.07 Å². The van der Waals surface area contributed by atoms with E-state index in [4.69, 9.17) is 12.2 Å². The van der Waals surface area contributed by atoms with Crippen molar-refractivity contribution in [1.82, 2.24) is 5.32 Å². The molecule has 0 amide bonds. The monoisotopic (exact) mass is 395 g/mol. The highest BCUT2D eigenvalue weighted by Crippen LogP contribution is 2.35. The lowest BCUT2D eigenvalue weighted by atomic mass is 10.2. The third kappa shape index (κ3) is 4.37. The van der Waals surface area contributed by atoms with Crippen LogP contribution in [0.5, 0.6) is 23.0 Å². The van der Waals surface area contributed by atoms with Gasteiger partial charge in [-0.05, 0) is 51.3 Å². The normalized spacial score (nSPS) is 10.8. The van der Waals surface area contributed by atoms with E-state index in [0.29, 0.717) is 15.0 Å². The van der Waals surface area contributed by atoms with Crippen LogP contribution in [-0.2, 0) is 6.54 Å². The van der Waals surface area contributed by atoms with Gasteiger partial charge in [-0.15, -0.1) is 0 Å². The molecular weight excluding hydrogens is 382 g/mol. The number of nitrogens with one attached hydrogen (secondary N) is 1. The van der Waals surface area contributed by atoms with Gasteiger partial charge in [0, 0.05) is 6.54 Å². The predicted molar refractivity (Wildman–Crippen MR) is 95.7 cm³/mol. The van der Waals surface area contributed by atoms with Gasteiger partial charge in [-0.3, -0.25) is 0 Å². The SMILES string of the molecule is Oc1cc(CNC(=S)/C=C/c2cccc(O)c2Br)cc(O)c1O. The van der Waals surface area contributed by atoms with E-state index < -0.39 is 17.2 Å². The highest BCUT2D eigenvalue weighted by Gasteiger charge is 2.08. The third-order valence-corrected chi connectivity index (χ3v) is 4.16. The maximum Gasteiger partial charge on any atom is 0.200 e. The number of phenols is 4. The largest absolute Gasteiger partial charge is 0.507 e. The lowest BCUT2D eigenvalue weighted by Crippen LogP contribution is -2.18. The Hall–Kier alpha value is -2.25. The fourth-order valence-corrected chi connectivity index (χ4v) is 2.38. The molecule has 0 heterocycles. The zero-order valence-corrected chi connectivity index (χ0v) is 14.2. The molecule has 2 aromatic rings. The number of aromatic hydroxyl groups is 4. The van der Waals surface area contributed by atoms with Crippen LogP contribution in [0.25, 0.3) is 6.08 Å². The molecule has 120 valence electrons. The Morgan fingerprint density at radius 2 is 1.74 bits per heavy atom. The van der Waals surface area contributed by atoms with Crippen LogP contribution in [0.15, 0.2) is 40.9 Å². The van der Waals surface area contributed by atoms with Crippen molar-refractivity contribution in [2.45, 2.75) is 6.54 Å². The number of hydrogen-bond acceptors (Lipinski definition) is 5. The van der Waals surface area contributed by atoms with E-state index in [-0.39, 0.29) is 12.3 Å². The Labute approximate surface area is 146 Å². The molecule has 0 aliphatic rings. The fourth-order valence-electron chi connectivity index (χ4n) is 1.84. The van der Waals surface area contributed by atoms with Crippen molar-refractivity contribution in [2.24, 2.45) is 0 Å². The van der Waals surface area contributed by atoms with Crippen LogP contribution in [0.2, 0.25) is 0 Å². The van der Waals surface area contributed by atoms with Gasteiger partial charge in [0.15, 0.2) is 17.2 Å². The maximum atomic E-state index is 9.59. The lowest BCUT2D eigenvalue weighted by Gasteiger charge is -2.08. The minimum Gasteiger partial charge on any atom is -0.507 e. The van der Waals surface area contributed by atoms with Crippen LogP contribution in [0.4, 0.5) is 0 Å². The summed E-state index contributed by atoms with van der Waals surface area (Å²) in [5.41, 5.74) is 1.33. The van der Waals surface area contributed by atoms with Gasteiger partial charge in [0.2, 0.25) is 0 Å². The molecule has 7 heteroatoms. The molecule has 0 unspecified atom stereocenters. The first-order valence-corrected chi connectivity index (χ1v) is 7.76. The van der Waals surface area contributed by atoms with Crippen molar-refractivity contribution in [3.63, 3.8) is 0 Å². The Morgan fingerprint density at radius 3 is 2.39 bits per heavy atom. The van der Waals surface area contributed by atoms with Crippen LogP contribution >= 0.6 is 28.1 Å². The van der Waals surface area contributed by atoms with Gasteiger partial charge in [-0.1, -0.05) is 30.4 Å². The molecule has 0 bridgehead atoms. The average molecular weight is 396 g/mol. The summed E-state index contributed by atoms with van der Waals surface area (Å²) in [6.45, 7) is 0.270. The second kappa shape index (κ2) is 7.34. The number of thiocarbonyl (C=S) groups is 1. The Kier molecular flexibility index (Phi) is 5.46. The Bertz CT molecular complexity index is 754. The molecule has 0 saturated carbocycles. The van der Waals surface area contributed by atoms with Gasteiger partial charge in [-0.25, -0.2) is 0 Å². The highest BCUT2D eigenvalue weighted by atomic mass is 79.9. The Balaban J connectivity index is 2.00. The first-order chi connectivity index (χ1) is 10.9. The molecule has 0 saturated heterocycles. The van der Waals surface area contributed by atoms with Crippen molar-refractivity contribution in [1.29, 1.82) is 0 Å². The van der Waals surface area contributed by atoms with Gasteiger partial charge >= 0.3 is 0 Å². The number of halogens is 1. The maximum absolute atomic E-state index is 9.59. The molecule has 2 aromatic carbocycles. The smallest absolute Gasteiger partial charge is 0.200 e. The van der Waals surface area contributed by atoms with E-state index in [1.165, 1.54) is 12.1 Å². The van der Waals surface area contributed by atoms with Crippen LogP contribution in [0, 0.1) is 0 Å². The summed E-state index contributed by atoms with van der Waals surface area (Å²) in [6, 6.07) is 7.78. The predicted octanol–water partition coefficient (Wildman–Crippen LogP) is 3.40. The van der Waals surface area contributed by atoms with Crippen molar-refractivity contribution < 1.29 is 20.4 Å². The third-order valence-electron chi connectivity index (χ3n) is 3.02. The molecule has 23 heavy (non-hydrogen) atoms. The highest BCUT2D eigenvalue weighted by molar-refractivity contribution is 9.10. The molecular formula is C16H14BrNO4S. The van der Waals surface area contributed by atoms with Crippen molar-refractivity contribution in [3.05, 3.63) is 52.0 Å². The minimum atomic E-state index is -0.551. The van der Waals surface area contributed by atoms with Crippen LogP contribution < -0.4 is 5.32 Å². The molecule has 0 aliphatic heterocycles. The molecule has 0 atom stereocenters. The van der Waals surface area contributed by atoms with Gasteiger partial charge < -0.3 is 25.7 Å². The van der Waals surface area contributed by atoms with E-state index in [2.05, 4.69) is 21.2 Å². The molecule has 0 fully saturated rings. The number of phenolic OH excluding ortho intramolecular Hbond substituents is 4. The molecule has 0 aromatic heterocycles. The van der Waals surface area contributed by atoms with Gasteiger partial charge in [-0.2, -0.15) is 0 Å². The van der Waals surface area contributed by atoms with Crippen molar-refractivity contribution in [2.75, 3.05) is 0 Å². The zero-order chi connectivity index (χ0) is 17.0.